The van der Waals surface area contributed by atoms with Crippen LogP contribution < -0.4 is 14.3 Å². The summed E-state index contributed by atoms with van der Waals surface area (Å²) in [6, 6.07) is 31.7. The van der Waals surface area contributed by atoms with E-state index in [1.807, 2.05) is 30.3 Å². The maximum absolute atomic E-state index is 6.16. The smallest absolute Gasteiger partial charge is 0.157 e. The summed E-state index contributed by atoms with van der Waals surface area (Å²) in [7, 11) is 0. The van der Waals surface area contributed by atoms with E-state index < -0.39 is 0 Å². The second-order valence-corrected chi connectivity index (χ2v) is 7.46. The lowest BCUT2D eigenvalue weighted by molar-refractivity contribution is 0.240. The SMILES string of the molecule is CCCN(c1ccccc1)[N+]1(c2ccccc2)CC=C(Oc2ccccc2)CC1. The molecular weight excluding hydrogens is 356 g/mol. The Morgan fingerprint density at radius 3 is 2.03 bits per heavy atom. The van der Waals surface area contributed by atoms with E-state index in [9.17, 15) is 0 Å². The van der Waals surface area contributed by atoms with Crippen molar-refractivity contribution in [2.75, 3.05) is 24.6 Å². The molecule has 0 spiro atoms. The molecule has 0 radical (unpaired) electrons. The molecule has 3 aromatic rings. The first-order chi connectivity index (χ1) is 14.3. The van der Waals surface area contributed by atoms with Crippen LogP contribution >= 0.6 is 0 Å². The van der Waals surface area contributed by atoms with Crippen molar-refractivity contribution in [3.8, 4) is 5.75 Å². The number of anilines is 1. The molecule has 1 aliphatic heterocycles. The van der Waals surface area contributed by atoms with Gasteiger partial charge in [0.1, 0.15) is 24.6 Å². The van der Waals surface area contributed by atoms with Gasteiger partial charge in [-0.15, -0.1) is 0 Å². The van der Waals surface area contributed by atoms with Crippen LogP contribution in [0.3, 0.4) is 0 Å². The molecule has 0 aliphatic carbocycles. The van der Waals surface area contributed by atoms with Gasteiger partial charge in [0.2, 0.25) is 0 Å². The van der Waals surface area contributed by atoms with Crippen LogP contribution in [-0.4, -0.2) is 19.6 Å². The molecule has 0 amide bonds. The molecule has 1 heterocycles. The number of ether oxygens (including phenoxy) is 1. The summed E-state index contributed by atoms with van der Waals surface area (Å²) in [5.41, 5.74) is 2.58. The van der Waals surface area contributed by atoms with Crippen molar-refractivity contribution >= 4 is 11.4 Å². The first-order valence-electron chi connectivity index (χ1n) is 10.5. The highest BCUT2D eigenvalue weighted by atomic mass is 16.5. The van der Waals surface area contributed by atoms with Crippen molar-refractivity contribution in [1.82, 2.24) is 4.59 Å². The van der Waals surface area contributed by atoms with Gasteiger partial charge >= 0.3 is 0 Å². The summed E-state index contributed by atoms with van der Waals surface area (Å²) in [6.45, 7) is 5.10. The van der Waals surface area contributed by atoms with Crippen LogP contribution in [0.25, 0.3) is 0 Å². The average Bonchev–Trinajstić information content (AvgIpc) is 2.80. The highest BCUT2D eigenvalue weighted by Crippen LogP contribution is 2.34. The highest BCUT2D eigenvalue weighted by molar-refractivity contribution is 5.55. The lowest BCUT2D eigenvalue weighted by Crippen LogP contribution is -2.64. The second-order valence-electron chi connectivity index (χ2n) is 7.46. The largest absolute Gasteiger partial charge is 0.462 e. The lowest BCUT2D eigenvalue weighted by atomic mass is 10.1. The average molecular weight is 386 g/mol. The van der Waals surface area contributed by atoms with Crippen LogP contribution in [0.2, 0.25) is 0 Å². The molecule has 0 bridgehead atoms. The van der Waals surface area contributed by atoms with E-state index in [2.05, 4.69) is 78.7 Å². The van der Waals surface area contributed by atoms with E-state index in [0.717, 1.165) is 48.6 Å². The molecule has 3 heteroatoms. The number of quaternary nitrogens is 1. The summed E-state index contributed by atoms with van der Waals surface area (Å²) in [6.07, 6.45) is 4.27. The minimum atomic E-state index is 0.792. The molecule has 4 rings (SSSR count). The maximum Gasteiger partial charge on any atom is 0.157 e. The minimum absolute atomic E-state index is 0.792. The predicted molar refractivity (Wildman–Crippen MR) is 122 cm³/mol. The number of hydrogen-bond acceptors (Lipinski definition) is 2. The van der Waals surface area contributed by atoms with E-state index >= 15 is 0 Å². The van der Waals surface area contributed by atoms with Crippen molar-refractivity contribution < 1.29 is 4.74 Å². The summed E-state index contributed by atoms with van der Waals surface area (Å²) in [4.78, 5) is 0. The molecule has 29 heavy (non-hydrogen) atoms. The summed E-state index contributed by atoms with van der Waals surface area (Å²) in [5, 5.41) is 2.55. The molecule has 0 saturated carbocycles. The third-order valence-corrected chi connectivity index (χ3v) is 5.53. The first-order valence-corrected chi connectivity index (χ1v) is 10.5. The molecule has 148 valence electrons. The third kappa shape index (κ3) is 4.20. The zero-order valence-corrected chi connectivity index (χ0v) is 17.1. The van der Waals surface area contributed by atoms with Crippen molar-refractivity contribution in [3.63, 3.8) is 0 Å². The van der Waals surface area contributed by atoms with Crippen LogP contribution in [0.4, 0.5) is 11.4 Å². The van der Waals surface area contributed by atoms with Gasteiger partial charge in [-0.3, -0.25) is 0 Å². The highest BCUT2D eigenvalue weighted by Gasteiger charge is 2.40. The third-order valence-electron chi connectivity index (χ3n) is 5.53. The van der Waals surface area contributed by atoms with Gasteiger partial charge in [0.25, 0.3) is 0 Å². The van der Waals surface area contributed by atoms with Gasteiger partial charge in [0, 0.05) is 18.2 Å². The monoisotopic (exact) mass is 385 g/mol. The summed E-state index contributed by atoms with van der Waals surface area (Å²) < 4.78 is 6.95. The quantitative estimate of drug-likeness (QED) is 0.450. The molecule has 1 atom stereocenters. The van der Waals surface area contributed by atoms with Gasteiger partial charge in [-0.05, 0) is 30.7 Å². The molecule has 0 saturated heterocycles. The Labute approximate surface area is 174 Å². The van der Waals surface area contributed by atoms with Crippen LogP contribution in [0.5, 0.6) is 5.75 Å². The number of rotatable bonds is 7. The van der Waals surface area contributed by atoms with Gasteiger partial charge < -0.3 is 4.74 Å². The lowest BCUT2D eigenvalue weighted by Gasteiger charge is -2.47. The van der Waals surface area contributed by atoms with Gasteiger partial charge in [-0.1, -0.05) is 61.5 Å². The van der Waals surface area contributed by atoms with Crippen LogP contribution in [-0.2, 0) is 0 Å². The van der Waals surface area contributed by atoms with Crippen molar-refractivity contribution in [1.29, 1.82) is 0 Å². The Balaban J connectivity index is 1.69. The zero-order chi connectivity index (χ0) is 19.9. The van der Waals surface area contributed by atoms with Crippen molar-refractivity contribution in [2.45, 2.75) is 19.8 Å². The molecular formula is C26H29N2O+. The second kappa shape index (κ2) is 8.97. The van der Waals surface area contributed by atoms with Crippen molar-refractivity contribution in [2.24, 2.45) is 0 Å². The number of hydrogen-bond donors (Lipinski definition) is 0. The molecule has 1 unspecified atom stereocenters. The molecule has 3 aromatic carbocycles. The van der Waals surface area contributed by atoms with Gasteiger partial charge in [-0.25, -0.2) is 5.01 Å². The molecule has 0 fully saturated rings. The van der Waals surface area contributed by atoms with Gasteiger partial charge in [0.15, 0.2) is 5.69 Å². The van der Waals surface area contributed by atoms with E-state index in [-0.39, 0.29) is 0 Å². The standard InChI is InChI=1S/C26H29N2O/c1-2-20-27(23-12-6-3-7-13-23)28(24-14-8-4-9-15-24)21-18-26(19-22-28)29-25-16-10-5-11-17-25/h3-18H,2,19-22H2,1H3/q+1. The Kier molecular flexibility index (Phi) is 5.97. The Morgan fingerprint density at radius 2 is 1.45 bits per heavy atom. The number of benzene rings is 3. The first kappa shape index (κ1) is 19.3. The van der Waals surface area contributed by atoms with Crippen LogP contribution in [0.1, 0.15) is 19.8 Å². The Bertz CT molecular complexity index is 925. The fourth-order valence-corrected chi connectivity index (χ4v) is 4.13. The summed E-state index contributed by atoms with van der Waals surface area (Å²) in [5.74, 6) is 1.97. The minimum Gasteiger partial charge on any atom is -0.462 e. The molecule has 1 aliphatic rings. The summed E-state index contributed by atoms with van der Waals surface area (Å²) >= 11 is 0. The maximum atomic E-state index is 6.16. The van der Waals surface area contributed by atoms with E-state index in [1.54, 1.807) is 0 Å². The number of para-hydroxylation sites is 3. The normalized spacial score (nSPS) is 18.7. The van der Waals surface area contributed by atoms with Crippen LogP contribution in [0, 0.1) is 0 Å². The molecule has 0 N–H and O–H groups in total. The molecule has 0 aromatic heterocycles. The predicted octanol–water partition coefficient (Wildman–Crippen LogP) is 6.19. The zero-order valence-electron chi connectivity index (χ0n) is 17.1. The van der Waals surface area contributed by atoms with E-state index in [0.29, 0.717) is 0 Å². The van der Waals surface area contributed by atoms with Crippen molar-refractivity contribution in [3.05, 3.63) is 103 Å². The topological polar surface area (TPSA) is 12.5 Å². The van der Waals surface area contributed by atoms with E-state index in [4.69, 9.17) is 4.74 Å². The van der Waals surface area contributed by atoms with E-state index in [1.165, 1.54) is 11.4 Å². The fourth-order valence-electron chi connectivity index (χ4n) is 4.13. The Hall–Kier alpha value is -3.04. The fraction of sp³-hybridized carbons (Fsp3) is 0.231. The van der Waals surface area contributed by atoms with Crippen LogP contribution in [0.15, 0.2) is 103 Å². The number of nitrogens with zero attached hydrogens (tertiary/aromatic N) is 2. The van der Waals surface area contributed by atoms with Gasteiger partial charge in [0.05, 0.1) is 18.7 Å². The van der Waals surface area contributed by atoms with Gasteiger partial charge in [-0.2, -0.15) is 4.59 Å². The molecule has 3 nitrogen and oxygen atoms in total. The Morgan fingerprint density at radius 1 is 0.828 bits per heavy atom.